The number of thioether (sulfide) groups is 1. The third-order valence-corrected chi connectivity index (χ3v) is 6.63. The van der Waals surface area contributed by atoms with E-state index in [2.05, 4.69) is 31.3 Å². The molecule has 1 atom stereocenters. The van der Waals surface area contributed by atoms with Crippen LogP contribution in [0, 0.1) is 13.8 Å². The van der Waals surface area contributed by atoms with Crippen LogP contribution >= 0.6 is 11.8 Å². The Kier molecular flexibility index (Phi) is 6.00. The fourth-order valence-electron chi connectivity index (χ4n) is 3.52. The summed E-state index contributed by atoms with van der Waals surface area (Å²) in [6.07, 6.45) is 0. The quantitative estimate of drug-likeness (QED) is 0.591. The molecule has 1 aliphatic rings. The van der Waals surface area contributed by atoms with Crippen LogP contribution in [0.15, 0.2) is 66.7 Å². The summed E-state index contributed by atoms with van der Waals surface area (Å²) < 4.78 is 5.18. The highest BCUT2D eigenvalue weighted by atomic mass is 32.2. The van der Waals surface area contributed by atoms with Crippen molar-refractivity contribution in [2.45, 2.75) is 19.2 Å². The Labute approximate surface area is 186 Å². The zero-order chi connectivity index (χ0) is 22.0. The summed E-state index contributed by atoms with van der Waals surface area (Å²) in [7, 11) is 1.57. The minimum absolute atomic E-state index is 0.0854. The Morgan fingerprint density at radius 3 is 2.52 bits per heavy atom. The third kappa shape index (κ3) is 4.44. The molecule has 1 saturated heterocycles. The average molecular weight is 433 g/mol. The molecule has 2 amide bonds. The molecule has 6 heteroatoms. The molecule has 0 aromatic heterocycles. The summed E-state index contributed by atoms with van der Waals surface area (Å²) in [6.45, 7) is 4.12. The fraction of sp³-hybridized carbons (Fsp3) is 0.200. The van der Waals surface area contributed by atoms with Crippen molar-refractivity contribution in [3.63, 3.8) is 0 Å². The van der Waals surface area contributed by atoms with Gasteiger partial charge in [-0.1, -0.05) is 24.3 Å². The number of benzene rings is 3. The molecule has 3 aromatic carbocycles. The van der Waals surface area contributed by atoms with Gasteiger partial charge in [0.15, 0.2) is 0 Å². The van der Waals surface area contributed by atoms with Crippen LogP contribution in [-0.2, 0) is 4.79 Å². The molecule has 1 N–H and O–H groups in total. The normalized spacial score (nSPS) is 15.8. The summed E-state index contributed by atoms with van der Waals surface area (Å²) in [5.41, 5.74) is 5.53. The monoisotopic (exact) mass is 432 g/mol. The molecule has 1 aliphatic heterocycles. The lowest BCUT2D eigenvalue weighted by molar-refractivity contribution is -0.115. The van der Waals surface area contributed by atoms with E-state index in [-0.39, 0.29) is 17.2 Å². The van der Waals surface area contributed by atoms with Gasteiger partial charge in [-0.05, 0) is 73.0 Å². The van der Waals surface area contributed by atoms with Gasteiger partial charge in [-0.25, -0.2) is 0 Å². The van der Waals surface area contributed by atoms with Crippen molar-refractivity contribution in [1.29, 1.82) is 0 Å². The number of nitrogens with one attached hydrogen (secondary N) is 1. The van der Waals surface area contributed by atoms with Gasteiger partial charge in [-0.3, -0.25) is 14.5 Å². The number of ether oxygens (including phenoxy) is 1. The number of carbonyl (C=O) groups is 2. The van der Waals surface area contributed by atoms with E-state index in [9.17, 15) is 9.59 Å². The van der Waals surface area contributed by atoms with E-state index in [0.717, 1.165) is 16.8 Å². The van der Waals surface area contributed by atoms with Gasteiger partial charge in [0.2, 0.25) is 5.91 Å². The Hall–Kier alpha value is -3.25. The molecule has 31 heavy (non-hydrogen) atoms. The summed E-state index contributed by atoms with van der Waals surface area (Å²) in [6, 6.07) is 20.8. The maximum Gasteiger partial charge on any atom is 0.255 e. The number of rotatable bonds is 5. The average Bonchev–Trinajstić information content (AvgIpc) is 3.17. The van der Waals surface area contributed by atoms with Crippen molar-refractivity contribution < 1.29 is 14.3 Å². The van der Waals surface area contributed by atoms with Crippen LogP contribution < -0.4 is 15.0 Å². The van der Waals surface area contributed by atoms with E-state index in [4.69, 9.17) is 4.74 Å². The lowest BCUT2D eigenvalue weighted by Gasteiger charge is -2.25. The van der Waals surface area contributed by atoms with Crippen LogP contribution in [-0.4, -0.2) is 24.7 Å². The van der Waals surface area contributed by atoms with E-state index < -0.39 is 0 Å². The highest BCUT2D eigenvalue weighted by Crippen LogP contribution is 2.42. The highest BCUT2D eigenvalue weighted by Gasteiger charge is 2.34. The lowest BCUT2D eigenvalue weighted by Crippen LogP contribution is -2.27. The predicted octanol–water partition coefficient (Wildman–Crippen LogP) is 5.34. The molecule has 0 bridgehead atoms. The highest BCUT2D eigenvalue weighted by molar-refractivity contribution is 8.00. The number of hydrogen-bond acceptors (Lipinski definition) is 4. The van der Waals surface area contributed by atoms with Crippen molar-refractivity contribution in [3.8, 4) is 5.75 Å². The molecule has 1 fully saturated rings. The van der Waals surface area contributed by atoms with E-state index in [1.165, 1.54) is 5.56 Å². The third-order valence-electron chi connectivity index (χ3n) is 5.42. The SMILES string of the molecule is COc1cccc(C(=O)Nc2ccc(C3SCC(=O)N3c3ccc(C)c(C)c3)cc2)c1. The molecule has 0 radical (unpaired) electrons. The molecule has 3 aromatic rings. The molecule has 0 aliphatic carbocycles. The molecule has 4 rings (SSSR count). The molecule has 0 spiro atoms. The summed E-state index contributed by atoms with van der Waals surface area (Å²) in [5, 5.41) is 2.83. The second-order valence-corrected chi connectivity index (χ2v) is 8.57. The first-order valence-electron chi connectivity index (χ1n) is 10.0. The van der Waals surface area contributed by atoms with Crippen molar-refractivity contribution in [2.75, 3.05) is 23.1 Å². The summed E-state index contributed by atoms with van der Waals surface area (Å²) in [5.74, 6) is 0.992. The Morgan fingerprint density at radius 1 is 1.03 bits per heavy atom. The first-order valence-corrected chi connectivity index (χ1v) is 11.1. The van der Waals surface area contributed by atoms with Crippen molar-refractivity contribution in [2.24, 2.45) is 0 Å². The Bertz CT molecular complexity index is 1130. The fourth-order valence-corrected chi connectivity index (χ4v) is 4.70. The van der Waals surface area contributed by atoms with E-state index >= 15 is 0 Å². The smallest absolute Gasteiger partial charge is 0.255 e. The van der Waals surface area contributed by atoms with Crippen LogP contribution in [0.5, 0.6) is 5.75 Å². The second kappa shape index (κ2) is 8.86. The zero-order valence-electron chi connectivity index (χ0n) is 17.7. The van der Waals surface area contributed by atoms with Crippen LogP contribution in [0.3, 0.4) is 0 Å². The number of carbonyl (C=O) groups excluding carboxylic acids is 2. The van der Waals surface area contributed by atoms with Crippen molar-refractivity contribution >= 4 is 35.0 Å². The topological polar surface area (TPSA) is 58.6 Å². The maximum atomic E-state index is 12.6. The van der Waals surface area contributed by atoms with Gasteiger partial charge in [0.05, 0.1) is 12.9 Å². The van der Waals surface area contributed by atoms with E-state index in [1.807, 2.05) is 35.2 Å². The number of aryl methyl sites for hydroxylation is 2. The molecule has 5 nitrogen and oxygen atoms in total. The molecule has 1 heterocycles. The number of nitrogens with zero attached hydrogens (tertiary/aromatic N) is 1. The molecular weight excluding hydrogens is 408 g/mol. The number of hydrogen-bond donors (Lipinski definition) is 1. The van der Waals surface area contributed by atoms with Gasteiger partial charge in [0.25, 0.3) is 5.91 Å². The Morgan fingerprint density at radius 2 is 1.81 bits per heavy atom. The van der Waals surface area contributed by atoms with Gasteiger partial charge >= 0.3 is 0 Å². The first kappa shape index (κ1) is 21.0. The standard InChI is InChI=1S/C25H24N2O3S/c1-16-7-12-21(13-17(16)2)27-23(28)15-31-25(27)18-8-10-20(11-9-18)26-24(29)19-5-4-6-22(14-19)30-3/h4-14,25H,15H2,1-3H3,(H,26,29). The second-order valence-electron chi connectivity index (χ2n) is 7.50. The van der Waals surface area contributed by atoms with Gasteiger partial charge in [0.1, 0.15) is 11.1 Å². The predicted molar refractivity (Wildman–Crippen MR) is 126 cm³/mol. The van der Waals surface area contributed by atoms with Gasteiger partial charge in [0, 0.05) is 16.9 Å². The Balaban J connectivity index is 1.52. The largest absolute Gasteiger partial charge is 0.497 e. The van der Waals surface area contributed by atoms with Gasteiger partial charge in [-0.15, -0.1) is 11.8 Å². The first-order chi connectivity index (χ1) is 15.0. The van der Waals surface area contributed by atoms with Crippen LogP contribution in [0.4, 0.5) is 11.4 Å². The van der Waals surface area contributed by atoms with Crippen LogP contribution in [0.2, 0.25) is 0 Å². The van der Waals surface area contributed by atoms with Crippen molar-refractivity contribution in [3.05, 3.63) is 89.0 Å². The molecule has 158 valence electrons. The lowest BCUT2D eigenvalue weighted by atomic mass is 10.1. The molecule has 0 saturated carbocycles. The molecular formula is C25H24N2O3S. The number of anilines is 2. The maximum absolute atomic E-state index is 12.6. The van der Waals surface area contributed by atoms with E-state index in [0.29, 0.717) is 22.8 Å². The van der Waals surface area contributed by atoms with Gasteiger partial charge < -0.3 is 10.1 Å². The van der Waals surface area contributed by atoms with Crippen LogP contribution in [0.25, 0.3) is 0 Å². The minimum Gasteiger partial charge on any atom is -0.497 e. The summed E-state index contributed by atoms with van der Waals surface area (Å²) >= 11 is 1.61. The molecule has 1 unspecified atom stereocenters. The minimum atomic E-state index is -0.200. The number of methoxy groups -OCH3 is 1. The van der Waals surface area contributed by atoms with Crippen LogP contribution in [0.1, 0.15) is 32.4 Å². The summed E-state index contributed by atoms with van der Waals surface area (Å²) in [4.78, 5) is 27.0. The van der Waals surface area contributed by atoms with E-state index in [1.54, 1.807) is 43.1 Å². The van der Waals surface area contributed by atoms with Gasteiger partial charge in [-0.2, -0.15) is 0 Å². The zero-order valence-corrected chi connectivity index (χ0v) is 18.5. The van der Waals surface area contributed by atoms with Crippen molar-refractivity contribution in [1.82, 2.24) is 0 Å². The number of amides is 2.